The standard InChI is InChI=1S/C16H21N3/c1-14-17-12-16(10-7-11-18(2)3)19(14)13-15-8-5-4-6-9-15/h4-9,11-12H,10,13H2,1-3H3. The van der Waals surface area contributed by atoms with E-state index in [1.54, 1.807) is 0 Å². The second-order valence-electron chi connectivity index (χ2n) is 4.92. The molecule has 2 rings (SSSR count). The van der Waals surface area contributed by atoms with Crippen molar-refractivity contribution in [2.45, 2.75) is 19.9 Å². The fourth-order valence-corrected chi connectivity index (χ4v) is 2.04. The van der Waals surface area contributed by atoms with E-state index in [0.717, 1.165) is 18.8 Å². The Kier molecular flexibility index (Phi) is 4.39. The molecule has 0 bridgehead atoms. The summed E-state index contributed by atoms with van der Waals surface area (Å²) in [5.74, 6) is 1.07. The zero-order valence-corrected chi connectivity index (χ0v) is 11.9. The monoisotopic (exact) mass is 255 g/mol. The molecule has 2 aromatic rings. The maximum absolute atomic E-state index is 4.43. The molecule has 19 heavy (non-hydrogen) atoms. The van der Waals surface area contributed by atoms with E-state index in [4.69, 9.17) is 0 Å². The fraction of sp³-hybridized carbons (Fsp3) is 0.312. The molecule has 1 aromatic carbocycles. The highest BCUT2D eigenvalue weighted by atomic mass is 15.1. The van der Waals surface area contributed by atoms with Crippen LogP contribution in [0, 0.1) is 6.92 Å². The molecule has 0 N–H and O–H groups in total. The van der Waals surface area contributed by atoms with Crippen molar-refractivity contribution in [3.63, 3.8) is 0 Å². The maximum Gasteiger partial charge on any atom is 0.106 e. The van der Waals surface area contributed by atoms with Crippen LogP contribution in [0.1, 0.15) is 17.1 Å². The van der Waals surface area contributed by atoms with Gasteiger partial charge in [-0.3, -0.25) is 0 Å². The predicted octanol–water partition coefficient (Wildman–Crippen LogP) is 2.86. The van der Waals surface area contributed by atoms with E-state index in [9.17, 15) is 0 Å². The average molecular weight is 255 g/mol. The first-order chi connectivity index (χ1) is 9.16. The highest BCUT2D eigenvalue weighted by Crippen LogP contribution is 2.10. The highest BCUT2D eigenvalue weighted by Gasteiger charge is 2.05. The van der Waals surface area contributed by atoms with Crippen molar-refractivity contribution in [3.8, 4) is 0 Å². The summed E-state index contributed by atoms with van der Waals surface area (Å²) in [5.41, 5.74) is 2.56. The molecule has 3 nitrogen and oxygen atoms in total. The van der Waals surface area contributed by atoms with Crippen LogP contribution in [0.25, 0.3) is 0 Å². The van der Waals surface area contributed by atoms with Crippen molar-refractivity contribution in [2.75, 3.05) is 14.1 Å². The molecule has 0 radical (unpaired) electrons. The SMILES string of the molecule is Cc1ncc(CC=CN(C)C)n1Cc1ccccc1. The molecule has 1 heterocycles. The van der Waals surface area contributed by atoms with Gasteiger partial charge in [0.25, 0.3) is 0 Å². The molecule has 0 atom stereocenters. The van der Waals surface area contributed by atoms with E-state index < -0.39 is 0 Å². The van der Waals surface area contributed by atoms with Crippen LogP contribution in [0.15, 0.2) is 48.8 Å². The number of aryl methyl sites for hydroxylation is 1. The van der Waals surface area contributed by atoms with Gasteiger partial charge >= 0.3 is 0 Å². The normalized spacial score (nSPS) is 11.1. The van der Waals surface area contributed by atoms with E-state index in [0.29, 0.717) is 0 Å². The van der Waals surface area contributed by atoms with Crippen molar-refractivity contribution >= 4 is 0 Å². The van der Waals surface area contributed by atoms with Gasteiger partial charge in [0.05, 0.1) is 0 Å². The lowest BCUT2D eigenvalue weighted by molar-refractivity contribution is 0.561. The van der Waals surface area contributed by atoms with Gasteiger partial charge in [-0.05, 0) is 18.7 Å². The average Bonchev–Trinajstić information content (AvgIpc) is 2.72. The van der Waals surface area contributed by atoms with Gasteiger partial charge in [-0.15, -0.1) is 0 Å². The summed E-state index contributed by atoms with van der Waals surface area (Å²) in [5, 5.41) is 0. The van der Waals surface area contributed by atoms with E-state index in [1.807, 2.05) is 31.3 Å². The Hall–Kier alpha value is -2.03. The minimum absolute atomic E-state index is 0.887. The molecule has 0 unspecified atom stereocenters. The Balaban J connectivity index is 2.14. The fourth-order valence-electron chi connectivity index (χ4n) is 2.04. The van der Waals surface area contributed by atoms with Gasteiger partial charge in [-0.2, -0.15) is 0 Å². The second kappa shape index (κ2) is 6.23. The number of aromatic nitrogens is 2. The Morgan fingerprint density at radius 1 is 1.21 bits per heavy atom. The van der Waals surface area contributed by atoms with Gasteiger partial charge < -0.3 is 9.47 Å². The molecule has 0 aliphatic heterocycles. The lowest BCUT2D eigenvalue weighted by atomic mass is 10.2. The minimum Gasteiger partial charge on any atom is -0.384 e. The van der Waals surface area contributed by atoms with Gasteiger partial charge in [0.2, 0.25) is 0 Å². The molecule has 100 valence electrons. The number of benzene rings is 1. The van der Waals surface area contributed by atoms with Crippen LogP contribution in [0.5, 0.6) is 0 Å². The van der Waals surface area contributed by atoms with Crippen LogP contribution in [0.2, 0.25) is 0 Å². The van der Waals surface area contributed by atoms with Crippen LogP contribution in [-0.2, 0) is 13.0 Å². The maximum atomic E-state index is 4.43. The van der Waals surface area contributed by atoms with Crippen LogP contribution in [-0.4, -0.2) is 28.5 Å². The summed E-state index contributed by atoms with van der Waals surface area (Å²) >= 11 is 0. The highest BCUT2D eigenvalue weighted by molar-refractivity contribution is 5.18. The van der Waals surface area contributed by atoms with Gasteiger partial charge in [-0.1, -0.05) is 36.4 Å². The first-order valence-corrected chi connectivity index (χ1v) is 6.55. The van der Waals surface area contributed by atoms with Gasteiger partial charge in [-0.25, -0.2) is 4.98 Å². The molecule has 0 saturated heterocycles. The summed E-state index contributed by atoms with van der Waals surface area (Å²) in [4.78, 5) is 6.47. The summed E-state index contributed by atoms with van der Waals surface area (Å²) in [6, 6.07) is 10.5. The summed E-state index contributed by atoms with van der Waals surface area (Å²) < 4.78 is 2.27. The molecule has 0 aliphatic rings. The van der Waals surface area contributed by atoms with Gasteiger partial charge in [0, 0.05) is 39.0 Å². The van der Waals surface area contributed by atoms with Crippen LogP contribution in [0.3, 0.4) is 0 Å². The quantitative estimate of drug-likeness (QED) is 0.819. The minimum atomic E-state index is 0.887. The Bertz CT molecular complexity index is 538. The number of imidazole rings is 1. The van der Waals surface area contributed by atoms with Crippen LogP contribution < -0.4 is 0 Å². The lowest BCUT2D eigenvalue weighted by Gasteiger charge is -2.10. The molecule has 0 fully saturated rings. The smallest absolute Gasteiger partial charge is 0.106 e. The second-order valence-corrected chi connectivity index (χ2v) is 4.92. The van der Waals surface area contributed by atoms with Crippen molar-refractivity contribution < 1.29 is 0 Å². The largest absolute Gasteiger partial charge is 0.384 e. The molecule has 0 saturated carbocycles. The number of hydrogen-bond donors (Lipinski definition) is 0. The zero-order chi connectivity index (χ0) is 13.7. The predicted molar refractivity (Wildman–Crippen MR) is 79.0 cm³/mol. The number of hydrogen-bond acceptors (Lipinski definition) is 2. The van der Waals surface area contributed by atoms with Crippen molar-refractivity contribution in [1.82, 2.24) is 14.5 Å². The molecule has 0 aliphatic carbocycles. The number of rotatable bonds is 5. The Morgan fingerprint density at radius 2 is 1.95 bits per heavy atom. The van der Waals surface area contributed by atoms with Crippen LogP contribution >= 0.6 is 0 Å². The number of nitrogens with zero attached hydrogens (tertiary/aromatic N) is 3. The molecule has 0 amide bonds. The third kappa shape index (κ3) is 3.71. The Labute approximate surface area is 115 Å². The van der Waals surface area contributed by atoms with E-state index in [2.05, 4.69) is 53.0 Å². The molecule has 1 aromatic heterocycles. The summed E-state index contributed by atoms with van der Waals surface area (Å²) in [6.07, 6.45) is 7.12. The van der Waals surface area contributed by atoms with Crippen molar-refractivity contribution in [2.24, 2.45) is 0 Å². The van der Waals surface area contributed by atoms with Crippen molar-refractivity contribution in [1.29, 1.82) is 0 Å². The van der Waals surface area contributed by atoms with E-state index in [-0.39, 0.29) is 0 Å². The molecular weight excluding hydrogens is 234 g/mol. The Morgan fingerprint density at radius 3 is 2.63 bits per heavy atom. The molecule has 0 spiro atoms. The van der Waals surface area contributed by atoms with E-state index in [1.165, 1.54) is 11.3 Å². The summed E-state index contributed by atoms with van der Waals surface area (Å²) in [7, 11) is 4.06. The van der Waals surface area contributed by atoms with E-state index >= 15 is 0 Å². The van der Waals surface area contributed by atoms with Gasteiger partial charge in [0.1, 0.15) is 5.82 Å². The van der Waals surface area contributed by atoms with Crippen molar-refractivity contribution in [3.05, 3.63) is 65.9 Å². The first kappa shape index (κ1) is 13.4. The lowest BCUT2D eigenvalue weighted by Crippen LogP contribution is -2.06. The zero-order valence-electron chi connectivity index (χ0n) is 11.9. The molecular formula is C16H21N3. The topological polar surface area (TPSA) is 21.1 Å². The first-order valence-electron chi connectivity index (χ1n) is 6.55. The third-order valence-corrected chi connectivity index (χ3v) is 3.05. The molecule has 3 heteroatoms. The van der Waals surface area contributed by atoms with Crippen LogP contribution in [0.4, 0.5) is 0 Å². The third-order valence-electron chi connectivity index (χ3n) is 3.05. The summed E-state index contributed by atoms with van der Waals surface area (Å²) in [6.45, 7) is 2.94. The number of allylic oxidation sites excluding steroid dienone is 1. The van der Waals surface area contributed by atoms with Gasteiger partial charge in [0.15, 0.2) is 0 Å².